The van der Waals surface area contributed by atoms with Gasteiger partial charge in [-0.15, -0.1) is 0 Å². The minimum Gasteiger partial charge on any atom is -0.394 e. The molecule has 18 N–H and O–H groups in total. The maximum Gasteiger partial charge on any atom is 0.187 e. The van der Waals surface area contributed by atoms with E-state index in [2.05, 4.69) is 40.7 Å². The highest BCUT2D eigenvalue weighted by Crippen LogP contribution is 2.76. The van der Waals surface area contributed by atoms with E-state index in [1.807, 2.05) is 20.8 Å². The monoisotopic (exact) mass is 1270 g/mol. The Hall–Kier alpha value is -1.38. The molecule has 5 aliphatic heterocycles. The molecule has 0 bridgehead atoms. The van der Waals surface area contributed by atoms with Gasteiger partial charge in [0, 0.05) is 0 Å². The second-order valence-electron chi connectivity index (χ2n) is 28.6. The molecule has 0 spiro atoms. The van der Waals surface area contributed by atoms with E-state index >= 15 is 0 Å². The van der Waals surface area contributed by atoms with Crippen molar-refractivity contribution in [1.29, 1.82) is 0 Å². The second-order valence-corrected chi connectivity index (χ2v) is 28.6. The summed E-state index contributed by atoms with van der Waals surface area (Å²) >= 11 is 0. The maximum absolute atomic E-state index is 12.9. The first kappa shape index (κ1) is 70.9. The van der Waals surface area contributed by atoms with Gasteiger partial charge >= 0.3 is 0 Å². The van der Waals surface area contributed by atoms with Crippen molar-refractivity contribution in [3.63, 3.8) is 0 Å². The number of rotatable bonds is 19. The molecule has 28 nitrogen and oxygen atoms in total. The van der Waals surface area contributed by atoms with Crippen LogP contribution in [-0.4, -0.2) is 296 Å². The van der Waals surface area contributed by atoms with Crippen molar-refractivity contribution in [2.24, 2.45) is 45.3 Å². The van der Waals surface area contributed by atoms with Crippen LogP contribution >= 0.6 is 0 Å². The summed E-state index contributed by atoms with van der Waals surface area (Å²) in [4.78, 5) is 0. The first-order valence-corrected chi connectivity index (χ1v) is 31.4. The Bertz CT molecular complexity index is 2320. The molecule has 0 radical (unpaired) electrons. The molecule has 9 aliphatic rings. The molecule has 4 aliphatic carbocycles. The summed E-state index contributed by atoms with van der Waals surface area (Å²) in [5.74, 6) is -0.658. The number of aliphatic hydroxyl groups is 18. The topological polar surface area (TPSA) is 456 Å². The fraction of sp³-hybridized carbons (Fsp3) is 0.967. The van der Waals surface area contributed by atoms with Gasteiger partial charge in [0.1, 0.15) is 122 Å². The van der Waals surface area contributed by atoms with E-state index in [-0.39, 0.29) is 34.5 Å². The van der Waals surface area contributed by atoms with Gasteiger partial charge in [-0.1, -0.05) is 46.3 Å². The molecule has 0 aromatic heterocycles. The Morgan fingerprint density at radius 1 is 0.477 bits per heavy atom. The van der Waals surface area contributed by atoms with E-state index in [9.17, 15) is 91.9 Å². The highest BCUT2D eigenvalue weighted by Gasteiger charge is 2.72. The number of aliphatic hydroxyl groups excluding tert-OH is 18. The van der Waals surface area contributed by atoms with Crippen LogP contribution in [-0.2, 0) is 47.4 Å². The van der Waals surface area contributed by atoms with E-state index in [1.165, 1.54) is 0 Å². The zero-order valence-electron chi connectivity index (χ0n) is 51.5. The summed E-state index contributed by atoms with van der Waals surface area (Å²) in [6, 6.07) is 0. The number of hydrogen-bond acceptors (Lipinski definition) is 28. The van der Waals surface area contributed by atoms with E-state index < -0.39 is 215 Å². The van der Waals surface area contributed by atoms with Crippen LogP contribution in [0.2, 0.25) is 0 Å². The zero-order chi connectivity index (χ0) is 64.7. The lowest BCUT2D eigenvalue weighted by Gasteiger charge is -2.71. The van der Waals surface area contributed by atoms with Crippen LogP contribution in [0.15, 0.2) is 11.6 Å². The predicted octanol–water partition coefficient (Wildman–Crippen LogP) is -4.38. The molecular formula is C60H102O28. The Balaban J connectivity index is 0.900. The Morgan fingerprint density at radius 2 is 0.943 bits per heavy atom. The molecule has 35 atom stereocenters. The molecule has 0 aromatic rings. The first-order valence-electron chi connectivity index (χ1n) is 31.4. The standard InChI is InChI=1S/C60H102O28/c1-24(2)10-9-14-60(8,88-54-47(77)42(72)39(69)31(84-54)23-79-51-48(78)44(74)49(30(22-64)83-51)86-52-45(75)40(70)36(66)27(19-61)80-52)25-11-16-59(7)35(25)26(65)18-33-57(5)15-13-34(56(3,4)32(57)12-17-58(33,59)6)85-55-50(43(73)38(68)29(21-63)82-55)87-53-46(76)41(71)37(67)28(20-62)81-53/h10,25-55,61-78H,9,11-23H2,1-8H3/t25-,26+,27+,28+,29+,30+,31+,32-,33+,34-,35-,36-,37+,38+,39+,40-,41-,42-,43-,44+,45+,46+,47+,48+,49+,50+,51+,52-,53-,54-,55-,57-,58+,59+,60-/m0/s1. The van der Waals surface area contributed by atoms with Crippen LogP contribution < -0.4 is 0 Å². The van der Waals surface area contributed by atoms with Crippen LogP contribution in [0, 0.1) is 45.3 Å². The quantitative estimate of drug-likeness (QED) is 0.0429. The molecule has 5 saturated heterocycles. The maximum atomic E-state index is 12.9. The van der Waals surface area contributed by atoms with Crippen molar-refractivity contribution < 1.29 is 139 Å². The highest BCUT2D eigenvalue weighted by atomic mass is 16.8. The molecule has 28 heteroatoms. The largest absolute Gasteiger partial charge is 0.394 e. The highest BCUT2D eigenvalue weighted by molar-refractivity contribution is 5.21. The number of hydrogen-bond donors (Lipinski definition) is 18. The van der Waals surface area contributed by atoms with Crippen molar-refractivity contribution in [1.82, 2.24) is 0 Å². The minimum atomic E-state index is -1.92. The predicted molar refractivity (Wildman–Crippen MR) is 299 cm³/mol. The van der Waals surface area contributed by atoms with Crippen molar-refractivity contribution in [3.8, 4) is 0 Å². The van der Waals surface area contributed by atoms with E-state index in [0.29, 0.717) is 44.9 Å². The van der Waals surface area contributed by atoms with Crippen molar-refractivity contribution in [2.45, 2.75) is 285 Å². The number of fused-ring (bicyclic) bond motifs is 5. The second kappa shape index (κ2) is 27.4. The fourth-order valence-electron chi connectivity index (χ4n) is 17.7. The lowest BCUT2D eigenvalue weighted by Crippen LogP contribution is -2.68. The van der Waals surface area contributed by atoms with Gasteiger partial charge in [0.2, 0.25) is 0 Å². The molecule has 510 valence electrons. The Morgan fingerprint density at radius 3 is 1.50 bits per heavy atom. The van der Waals surface area contributed by atoms with E-state index in [1.54, 1.807) is 0 Å². The summed E-state index contributed by atoms with van der Waals surface area (Å²) in [6.07, 6.45) is -35.6. The first-order chi connectivity index (χ1) is 41.3. The average molecular weight is 1270 g/mol. The van der Waals surface area contributed by atoms with Gasteiger partial charge in [0.25, 0.3) is 0 Å². The molecule has 4 saturated carbocycles. The summed E-state index contributed by atoms with van der Waals surface area (Å²) in [7, 11) is 0. The van der Waals surface area contributed by atoms with Gasteiger partial charge in [0.15, 0.2) is 31.5 Å². The number of allylic oxidation sites excluding steroid dienone is 2. The van der Waals surface area contributed by atoms with Crippen LogP contribution in [0.1, 0.15) is 113 Å². The van der Waals surface area contributed by atoms with E-state index in [0.717, 1.165) is 18.4 Å². The fourth-order valence-corrected chi connectivity index (χ4v) is 17.7. The third-order valence-corrected chi connectivity index (χ3v) is 23.0. The smallest absolute Gasteiger partial charge is 0.187 e. The van der Waals surface area contributed by atoms with Gasteiger partial charge in [-0.25, -0.2) is 0 Å². The van der Waals surface area contributed by atoms with Gasteiger partial charge in [-0.05, 0) is 124 Å². The molecule has 5 heterocycles. The summed E-state index contributed by atoms with van der Waals surface area (Å²) < 4.78 is 60.6. The van der Waals surface area contributed by atoms with Gasteiger partial charge in [0.05, 0.1) is 50.8 Å². The molecule has 0 aromatic carbocycles. The molecule has 9 fully saturated rings. The summed E-state index contributed by atoms with van der Waals surface area (Å²) in [5, 5.41) is 195. The van der Waals surface area contributed by atoms with Gasteiger partial charge < -0.3 is 139 Å². The van der Waals surface area contributed by atoms with Crippen LogP contribution in [0.4, 0.5) is 0 Å². The third kappa shape index (κ3) is 12.6. The molecule has 0 amide bonds. The van der Waals surface area contributed by atoms with Crippen molar-refractivity contribution >= 4 is 0 Å². The minimum absolute atomic E-state index is 0.00190. The molecule has 88 heavy (non-hydrogen) atoms. The Kier molecular flexibility index (Phi) is 22.1. The third-order valence-electron chi connectivity index (χ3n) is 23.0. The molecule has 0 unspecified atom stereocenters. The SMILES string of the molecule is CC(C)=CCC[C@](C)(O[C@@H]1O[C@H](CO[C@@H]2O[C@H](CO)[C@@H](O[C@@H]3O[C@H](CO)[C@H](O)[C@H](O)[C@H]3O)[C@H](O)[C@H]2O)[C@@H](O)[C@H](O)[C@H]1O)[C@H]1CC[C@]2(C)[C@@H]1[C@H](O)C[C@@H]1[C@@]3(C)CC[C@H](O[C@@H]4O[C@H](CO)[C@@H](O)[C@H](O)[C@H]4O[C@@H]4O[C@H](CO)[C@@H](O)[C@H](O)[C@H]4O)C(C)(C)[C@@H]3CC[C@]12C. The van der Waals surface area contributed by atoms with Crippen LogP contribution in [0.25, 0.3) is 0 Å². The summed E-state index contributed by atoms with van der Waals surface area (Å²) in [6.45, 7) is 13.3. The molecular weight excluding hydrogens is 1170 g/mol. The number of ether oxygens (including phenoxy) is 10. The lowest BCUT2D eigenvalue weighted by molar-refractivity contribution is -0.378. The van der Waals surface area contributed by atoms with Gasteiger partial charge in [-0.3, -0.25) is 0 Å². The molecule has 9 rings (SSSR count). The zero-order valence-corrected chi connectivity index (χ0v) is 51.5. The van der Waals surface area contributed by atoms with Crippen LogP contribution in [0.5, 0.6) is 0 Å². The lowest BCUT2D eigenvalue weighted by atomic mass is 9.35. The Labute approximate surface area is 512 Å². The normalized spacial score (nSPS) is 52.9. The van der Waals surface area contributed by atoms with Crippen molar-refractivity contribution in [2.75, 3.05) is 33.0 Å². The average Bonchev–Trinajstić information content (AvgIpc) is 1.27. The van der Waals surface area contributed by atoms with E-state index in [4.69, 9.17) is 47.4 Å². The summed E-state index contributed by atoms with van der Waals surface area (Å²) in [5.41, 5.74) is -1.86. The van der Waals surface area contributed by atoms with Crippen LogP contribution in [0.3, 0.4) is 0 Å². The van der Waals surface area contributed by atoms with Gasteiger partial charge in [-0.2, -0.15) is 0 Å². The van der Waals surface area contributed by atoms with Crippen molar-refractivity contribution in [3.05, 3.63) is 11.6 Å².